The Bertz CT molecular complexity index is 658. The number of nitrogens with one attached hydrogen (secondary N) is 3. The number of ether oxygens (including phenoxy) is 1. The van der Waals surface area contributed by atoms with Gasteiger partial charge in [-0.05, 0) is 55.5 Å². The summed E-state index contributed by atoms with van der Waals surface area (Å²) in [5, 5.41) is 13.0. The van der Waals surface area contributed by atoms with E-state index in [-0.39, 0.29) is 11.8 Å². The van der Waals surface area contributed by atoms with Crippen molar-refractivity contribution in [3.05, 3.63) is 15.9 Å². The van der Waals surface area contributed by atoms with Gasteiger partial charge in [-0.1, -0.05) is 26.7 Å². The lowest BCUT2D eigenvalue weighted by Gasteiger charge is -2.31. The topological polar surface area (TPSA) is 96.1 Å². The Hall–Kier alpha value is -1.57. The van der Waals surface area contributed by atoms with Gasteiger partial charge in [-0.2, -0.15) is 5.10 Å². The Kier molecular flexibility index (Phi) is 6.37. The number of amides is 2. The Morgan fingerprint density at radius 3 is 2.42 bits per heavy atom. The van der Waals surface area contributed by atoms with E-state index in [1.165, 1.54) is 0 Å². The van der Waals surface area contributed by atoms with Crippen molar-refractivity contribution in [1.29, 1.82) is 0 Å². The van der Waals surface area contributed by atoms with Crippen LogP contribution >= 0.6 is 15.9 Å². The number of aromatic nitrogens is 2. The zero-order chi connectivity index (χ0) is 19.5. The highest BCUT2D eigenvalue weighted by atomic mass is 79.9. The largest absolute Gasteiger partial charge is 0.444 e. The van der Waals surface area contributed by atoms with E-state index in [0.29, 0.717) is 16.7 Å². The van der Waals surface area contributed by atoms with Crippen LogP contribution in [0, 0.1) is 0 Å². The van der Waals surface area contributed by atoms with Gasteiger partial charge in [0.05, 0.1) is 15.7 Å². The lowest BCUT2D eigenvalue weighted by molar-refractivity contribution is 0.0504. The van der Waals surface area contributed by atoms with Gasteiger partial charge in [0, 0.05) is 6.54 Å². The van der Waals surface area contributed by atoms with Gasteiger partial charge in [-0.3, -0.25) is 9.89 Å². The van der Waals surface area contributed by atoms with Gasteiger partial charge in [0.2, 0.25) is 0 Å². The minimum atomic E-state index is -0.552. The highest BCUT2D eigenvalue weighted by molar-refractivity contribution is 9.10. The van der Waals surface area contributed by atoms with E-state index in [4.69, 9.17) is 4.74 Å². The Labute approximate surface area is 163 Å². The number of nitrogens with zero attached hydrogens (tertiary/aromatic N) is 1. The molecule has 26 heavy (non-hydrogen) atoms. The van der Waals surface area contributed by atoms with Crippen LogP contribution < -0.4 is 10.6 Å². The molecule has 1 aliphatic carbocycles. The van der Waals surface area contributed by atoms with E-state index >= 15 is 0 Å². The number of carbonyl (C=O) groups excluding carboxylic acids is 2. The molecule has 2 amide bonds. The molecule has 0 saturated heterocycles. The minimum Gasteiger partial charge on any atom is -0.444 e. The van der Waals surface area contributed by atoms with Crippen molar-refractivity contribution in [3.63, 3.8) is 0 Å². The second-order valence-electron chi connectivity index (χ2n) is 8.25. The molecule has 0 atom stereocenters. The first-order chi connectivity index (χ1) is 12.0. The molecule has 0 spiro atoms. The standard InChI is InChI=1S/C18H29BrN4O3/c1-11(2)13-12(19)14(23-22-13)15(24)21-18(8-6-7-9-18)10-20-16(25)26-17(3,4)5/h11H,6-10H2,1-5H3,(H,20,25)(H,21,24)(H,22,23). The summed E-state index contributed by atoms with van der Waals surface area (Å²) in [6.45, 7) is 9.86. The zero-order valence-electron chi connectivity index (χ0n) is 16.2. The molecule has 146 valence electrons. The summed E-state index contributed by atoms with van der Waals surface area (Å²) in [7, 11) is 0. The molecule has 8 heteroatoms. The molecule has 0 aliphatic heterocycles. The maximum Gasteiger partial charge on any atom is 0.407 e. The number of carbonyl (C=O) groups is 2. The second kappa shape index (κ2) is 7.98. The summed E-state index contributed by atoms with van der Waals surface area (Å²) in [5.74, 6) is -0.0133. The monoisotopic (exact) mass is 428 g/mol. The lowest BCUT2D eigenvalue weighted by Crippen LogP contribution is -2.54. The van der Waals surface area contributed by atoms with Crippen molar-refractivity contribution in [2.75, 3.05) is 6.54 Å². The quantitative estimate of drug-likeness (QED) is 0.662. The molecule has 1 saturated carbocycles. The molecule has 2 rings (SSSR count). The third-order valence-corrected chi connectivity index (χ3v) is 5.24. The summed E-state index contributed by atoms with van der Waals surface area (Å²) in [4.78, 5) is 24.7. The van der Waals surface area contributed by atoms with Crippen molar-refractivity contribution in [2.45, 2.75) is 77.4 Å². The first kappa shape index (κ1) is 20.7. The Balaban J connectivity index is 2.05. The molecule has 0 aromatic carbocycles. The maximum absolute atomic E-state index is 12.8. The van der Waals surface area contributed by atoms with Crippen LogP contribution in [0.4, 0.5) is 4.79 Å². The lowest BCUT2D eigenvalue weighted by atomic mass is 9.97. The van der Waals surface area contributed by atoms with Crippen LogP contribution in [-0.2, 0) is 4.74 Å². The van der Waals surface area contributed by atoms with Gasteiger partial charge >= 0.3 is 6.09 Å². The van der Waals surface area contributed by atoms with E-state index in [9.17, 15) is 9.59 Å². The van der Waals surface area contributed by atoms with Crippen molar-refractivity contribution >= 4 is 27.9 Å². The fourth-order valence-corrected chi connectivity index (χ4v) is 3.94. The highest BCUT2D eigenvalue weighted by Gasteiger charge is 2.37. The SMILES string of the molecule is CC(C)c1[nH]nc(C(=O)NC2(CNC(=O)OC(C)(C)C)CCCC2)c1Br. The summed E-state index contributed by atoms with van der Waals surface area (Å²) in [6, 6.07) is 0. The Morgan fingerprint density at radius 1 is 1.31 bits per heavy atom. The molecule has 0 unspecified atom stereocenters. The van der Waals surface area contributed by atoms with Crippen LogP contribution in [-0.4, -0.2) is 39.9 Å². The van der Waals surface area contributed by atoms with Crippen LogP contribution in [0.25, 0.3) is 0 Å². The molecule has 1 aromatic rings. The highest BCUT2D eigenvalue weighted by Crippen LogP contribution is 2.31. The van der Waals surface area contributed by atoms with Crippen molar-refractivity contribution in [1.82, 2.24) is 20.8 Å². The van der Waals surface area contributed by atoms with Crippen molar-refractivity contribution < 1.29 is 14.3 Å². The van der Waals surface area contributed by atoms with Crippen molar-refractivity contribution in [3.8, 4) is 0 Å². The number of halogens is 1. The average Bonchev–Trinajstić information content (AvgIpc) is 3.10. The van der Waals surface area contributed by atoms with Crippen molar-refractivity contribution in [2.24, 2.45) is 0 Å². The van der Waals surface area contributed by atoms with Crippen LogP contribution in [0.2, 0.25) is 0 Å². The molecule has 0 radical (unpaired) electrons. The van der Waals surface area contributed by atoms with E-state index < -0.39 is 17.2 Å². The number of hydrogen-bond donors (Lipinski definition) is 3. The normalized spacial score (nSPS) is 16.6. The third kappa shape index (κ3) is 5.22. The summed E-state index contributed by atoms with van der Waals surface area (Å²) >= 11 is 3.47. The molecule has 0 bridgehead atoms. The number of aromatic amines is 1. The third-order valence-electron chi connectivity index (χ3n) is 4.43. The first-order valence-electron chi connectivity index (χ1n) is 9.06. The maximum atomic E-state index is 12.8. The zero-order valence-corrected chi connectivity index (χ0v) is 17.7. The van der Waals surface area contributed by atoms with E-state index in [1.54, 1.807) is 0 Å². The predicted octanol–water partition coefficient (Wildman–Crippen LogP) is 3.86. The molecule has 7 nitrogen and oxygen atoms in total. The number of rotatable bonds is 5. The molecular weight excluding hydrogens is 400 g/mol. The number of H-pyrrole nitrogens is 1. The van der Waals surface area contributed by atoms with Gasteiger partial charge in [0.15, 0.2) is 5.69 Å². The minimum absolute atomic E-state index is 0.229. The van der Waals surface area contributed by atoms with Gasteiger partial charge in [-0.15, -0.1) is 0 Å². The number of alkyl carbamates (subject to hydrolysis) is 1. The van der Waals surface area contributed by atoms with Crippen LogP contribution in [0.3, 0.4) is 0 Å². The van der Waals surface area contributed by atoms with Gasteiger partial charge in [0.25, 0.3) is 5.91 Å². The number of hydrogen-bond acceptors (Lipinski definition) is 4. The second-order valence-corrected chi connectivity index (χ2v) is 9.04. The van der Waals surface area contributed by atoms with Gasteiger partial charge in [0.1, 0.15) is 5.60 Å². The summed E-state index contributed by atoms with van der Waals surface area (Å²) in [5.41, 5.74) is 0.216. The predicted molar refractivity (Wildman–Crippen MR) is 103 cm³/mol. The van der Waals surface area contributed by atoms with Crippen LogP contribution in [0.15, 0.2) is 4.47 Å². The van der Waals surface area contributed by atoms with E-state index in [1.807, 2.05) is 34.6 Å². The first-order valence-corrected chi connectivity index (χ1v) is 9.85. The average molecular weight is 429 g/mol. The molecule has 1 fully saturated rings. The fraction of sp³-hybridized carbons (Fsp3) is 0.722. The molecule has 1 heterocycles. The molecule has 1 aliphatic rings. The van der Waals surface area contributed by atoms with E-state index in [2.05, 4.69) is 36.8 Å². The fourth-order valence-electron chi connectivity index (χ4n) is 3.13. The van der Waals surface area contributed by atoms with Gasteiger partial charge in [-0.25, -0.2) is 4.79 Å². The Morgan fingerprint density at radius 2 is 1.92 bits per heavy atom. The van der Waals surface area contributed by atoms with E-state index in [0.717, 1.165) is 31.4 Å². The molecular formula is C18H29BrN4O3. The van der Waals surface area contributed by atoms with Crippen LogP contribution in [0.5, 0.6) is 0 Å². The smallest absolute Gasteiger partial charge is 0.407 e. The summed E-state index contributed by atoms with van der Waals surface area (Å²) in [6.07, 6.45) is 3.17. The summed E-state index contributed by atoms with van der Waals surface area (Å²) < 4.78 is 5.99. The van der Waals surface area contributed by atoms with Crippen LogP contribution in [0.1, 0.15) is 82.4 Å². The molecule has 1 aromatic heterocycles. The molecule has 3 N–H and O–H groups in total. The van der Waals surface area contributed by atoms with Gasteiger partial charge < -0.3 is 15.4 Å².